The predicted octanol–water partition coefficient (Wildman–Crippen LogP) is 0.260. The van der Waals surface area contributed by atoms with E-state index in [1.807, 2.05) is 4.72 Å². The number of benzene rings is 1. The molecule has 21 heavy (non-hydrogen) atoms. The lowest BCUT2D eigenvalue weighted by atomic mass is 10.2. The van der Waals surface area contributed by atoms with Gasteiger partial charge in [0.25, 0.3) is 0 Å². The van der Waals surface area contributed by atoms with Gasteiger partial charge in [-0.1, -0.05) is 0 Å². The summed E-state index contributed by atoms with van der Waals surface area (Å²) >= 11 is 0. The summed E-state index contributed by atoms with van der Waals surface area (Å²) < 4.78 is 52.9. The number of carboxylic acid groups (broad SMARTS) is 1. The van der Waals surface area contributed by atoms with Gasteiger partial charge in [0.1, 0.15) is 28.4 Å². The molecule has 2 rings (SSSR count). The van der Waals surface area contributed by atoms with Gasteiger partial charge < -0.3 is 5.11 Å². The van der Waals surface area contributed by atoms with Crippen LogP contribution in [-0.4, -0.2) is 34.7 Å². The average Bonchev–Trinajstić information content (AvgIpc) is 2.88. The van der Waals surface area contributed by atoms with Crippen molar-refractivity contribution in [3.63, 3.8) is 0 Å². The van der Waals surface area contributed by atoms with Crippen LogP contribution >= 0.6 is 0 Å². The average molecular weight is 318 g/mol. The highest BCUT2D eigenvalue weighted by Crippen LogP contribution is 2.21. The number of H-pyrrole nitrogens is 1. The second kappa shape index (κ2) is 5.54. The summed E-state index contributed by atoms with van der Waals surface area (Å²) in [5.74, 6) is -4.78. The number of carbonyl (C=O) groups is 1. The van der Waals surface area contributed by atoms with Crippen LogP contribution in [0.3, 0.4) is 0 Å². The molecule has 0 saturated carbocycles. The number of hydrogen-bond acceptors (Lipinski definition) is 5. The third-order valence-electron chi connectivity index (χ3n) is 2.45. The minimum atomic E-state index is -4.38. The molecule has 0 aliphatic rings. The summed E-state index contributed by atoms with van der Waals surface area (Å²) in [4.78, 5) is 13.4. The number of halogens is 2. The number of nitrogens with one attached hydrogen (secondary N) is 2. The highest BCUT2D eigenvalue weighted by Gasteiger charge is 2.26. The van der Waals surface area contributed by atoms with Gasteiger partial charge in [-0.2, -0.15) is 5.10 Å². The number of aromatic amines is 1. The number of aromatic carboxylic acids is 1. The smallest absolute Gasteiger partial charge is 0.341 e. The fourth-order valence-corrected chi connectivity index (χ4v) is 2.56. The zero-order valence-electron chi connectivity index (χ0n) is 10.2. The normalized spacial score (nSPS) is 11.5. The standard InChI is InChI=1S/C10H8F2N4O4S/c11-5-1-2-6(9(12)8(5)10(17)18)21(19,20)15-3-7-13-4-14-16-7/h1-2,4,15H,3H2,(H,17,18)(H,13,14,16). The Bertz CT molecular complexity index is 777. The molecule has 0 unspecified atom stereocenters. The molecule has 1 aromatic carbocycles. The first-order valence-electron chi connectivity index (χ1n) is 5.38. The van der Waals surface area contributed by atoms with Crippen molar-refractivity contribution in [3.8, 4) is 0 Å². The zero-order chi connectivity index (χ0) is 15.6. The molecule has 2 aromatic rings. The summed E-state index contributed by atoms with van der Waals surface area (Å²) in [7, 11) is -4.38. The van der Waals surface area contributed by atoms with E-state index in [0.29, 0.717) is 12.1 Å². The van der Waals surface area contributed by atoms with Crippen molar-refractivity contribution in [2.45, 2.75) is 11.4 Å². The molecule has 0 aliphatic carbocycles. The second-order valence-corrected chi connectivity index (χ2v) is 5.53. The second-order valence-electron chi connectivity index (χ2n) is 3.80. The lowest BCUT2D eigenvalue weighted by molar-refractivity contribution is 0.0685. The monoisotopic (exact) mass is 318 g/mol. The van der Waals surface area contributed by atoms with E-state index in [-0.39, 0.29) is 12.4 Å². The Morgan fingerprint density at radius 2 is 2.10 bits per heavy atom. The topological polar surface area (TPSA) is 125 Å². The fraction of sp³-hybridized carbons (Fsp3) is 0.100. The van der Waals surface area contributed by atoms with Crippen molar-refractivity contribution in [2.24, 2.45) is 0 Å². The number of aromatic nitrogens is 3. The molecule has 0 aliphatic heterocycles. The number of nitrogens with zero attached hydrogens (tertiary/aromatic N) is 2. The van der Waals surface area contributed by atoms with Crippen LogP contribution in [0.1, 0.15) is 16.2 Å². The first-order chi connectivity index (χ1) is 9.83. The molecule has 0 spiro atoms. The van der Waals surface area contributed by atoms with Gasteiger partial charge >= 0.3 is 5.97 Å². The molecule has 8 nitrogen and oxygen atoms in total. The van der Waals surface area contributed by atoms with Crippen LogP contribution in [0.2, 0.25) is 0 Å². The Balaban J connectivity index is 2.36. The van der Waals surface area contributed by atoms with Gasteiger partial charge in [0, 0.05) is 0 Å². The van der Waals surface area contributed by atoms with Crippen molar-refractivity contribution in [3.05, 3.63) is 41.5 Å². The quantitative estimate of drug-likeness (QED) is 0.726. The summed E-state index contributed by atoms with van der Waals surface area (Å²) in [5, 5.41) is 14.6. The summed E-state index contributed by atoms with van der Waals surface area (Å²) in [6.45, 7) is -0.318. The molecule has 0 saturated heterocycles. The van der Waals surface area contributed by atoms with Crippen molar-refractivity contribution in [1.82, 2.24) is 19.9 Å². The molecule has 112 valence electrons. The third kappa shape index (κ3) is 3.03. The van der Waals surface area contributed by atoms with Gasteiger partial charge in [0.15, 0.2) is 5.82 Å². The van der Waals surface area contributed by atoms with E-state index >= 15 is 0 Å². The van der Waals surface area contributed by atoms with Gasteiger partial charge in [-0.25, -0.2) is 31.7 Å². The number of sulfonamides is 1. The maximum Gasteiger partial charge on any atom is 0.341 e. The van der Waals surface area contributed by atoms with E-state index < -0.39 is 38.1 Å². The molecule has 1 aromatic heterocycles. The lowest BCUT2D eigenvalue weighted by Crippen LogP contribution is -2.25. The van der Waals surface area contributed by atoms with Gasteiger partial charge in [0.2, 0.25) is 10.0 Å². The summed E-state index contributed by atoms with van der Waals surface area (Å²) in [5.41, 5.74) is -1.34. The largest absolute Gasteiger partial charge is 0.477 e. The van der Waals surface area contributed by atoms with Crippen LogP contribution < -0.4 is 4.72 Å². The van der Waals surface area contributed by atoms with Crippen LogP contribution in [-0.2, 0) is 16.6 Å². The van der Waals surface area contributed by atoms with Crippen molar-refractivity contribution >= 4 is 16.0 Å². The molecule has 0 radical (unpaired) electrons. The molecule has 3 N–H and O–H groups in total. The zero-order valence-corrected chi connectivity index (χ0v) is 11.0. The Morgan fingerprint density at radius 1 is 1.38 bits per heavy atom. The molecule has 1 heterocycles. The maximum atomic E-state index is 13.9. The van der Waals surface area contributed by atoms with Crippen LogP contribution in [0, 0.1) is 11.6 Å². The minimum absolute atomic E-state index is 0.166. The summed E-state index contributed by atoms with van der Waals surface area (Å²) in [6, 6.07) is 1.20. The number of rotatable bonds is 5. The molecule has 0 atom stereocenters. The first kappa shape index (κ1) is 15.0. The van der Waals surface area contributed by atoms with Crippen LogP contribution in [0.15, 0.2) is 23.4 Å². The van der Waals surface area contributed by atoms with Crippen LogP contribution in [0.5, 0.6) is 0 Å². The third-order valence-corrected chi connectivity index (χ3v) is 3.87. The lowest BCUT2D eigenvalue weighted by Gasteiger charge is -2.08. The molecule has 0 amide bonds. The Labute approximate surface area is 116 Å². The van der Waals surface area contributed by atoms with Crippen molar-refractivity contribution in [2.75, 3.05) is 0 Å². The van der Waals surface area contributed by atoms with Crippen LogP contribution in [0.25, 0.3) is 0 Å². The van der Waals surface area contributed by atoms with E-state index in [2.05, 4.69) is 15.2 Å². The molecule has 11 heteroatoms. The van der Waals surface area contributed by atoms with Gasteiger partial charge in [0.05, 0.1) is 6.54 Å². The molecule has 0 fully saturated rings. The fourth-order valence-electron chi connectivity index (χ4n) is 1.49. The maximum absolute atomic E-state index is 13.9. The predicted molar refractivity (Wildman–Crippen MR) is 63.7 cm³/mol. The van der Waals surface area contributed by atoms with E-state index in [9.17, 15) is 22.0 Å². The van der Waals surface area contributed by atoms with Gasteiger partial charge in [-0.3, -0.25) is 5.10 Å². The highest BCUT2D eigenvalue weighted by molar-refractivity contribution is 7.89. The SMILES string of the molecule is O=C(O)c1c(F)ccc(S(=O)(=O)NCc2ncn[nH]2)c1F. The first-order valence-corrected chi connectivity index (χ1v) is 6.86. The Kier molecular flexibility index (Phi) is 3.95. The van der Waals surface area contributed by atoms with Crippen LogP contribution in [0.4, 0.5) is 8.78 Å². The number of carboxylic acids is 1. The highest BCUT2D eigenvalue weighted by atomic mass is 32.2. The van der Waals surface area contributed by atoms with Gasteiger partial charge in [-0.15, -0.1) is 0 Å². The van der Waals surface area contributed by atoms with E-state index in [4.69, 9.17) is 5.11 Å². The number of hydrogen-bond donors (Lipinski definition) is 3. The minimum Gasteiger partial charge on any atom is -0.477 e. The molecular weight excluding hydrogens is 310 g/mol. The molecular formula is C10H8F2N4O4S. The summed E-state index contributed by atoms with van der Waals surface area (Å²) in [6.07, 6.45) is 1.14. The van der Waals surface area contributed by atoms with Crippen molar-refractivity contribution < 1.29 is 27.1 Å². The van der Waals surface area contributed by atoms with E-state index in [0.717, 1.165) is 6.33 Å². The van der Waals surface area contributed by atoms with Gasteiger partial charge in [-0.05, 0) is 12.1 Å². The van der Waals surface area contributed by atoms with E-state index in [1.165, 1.54) is 0 Å². The Morgan fingerprint density at radius 3 is 2.67 bits per heavy atom. The van der Waals surface area contributed by atoms with E-state index in [1.54, 1.807) is 0 Å². The van der Waals surface area contributed by atoms with Crippen molar-refractivity contribution in [1.29, 1.82) is 0 Å². The molecule has 0 bridgehead atoms. The Hall–Kier alpha value is -2.40.